The number of unbranched alkanes of at least 4 members (excludes halogenated alkanes) is 25. The fraction of sp³-hybridized carbons (Fsp3) is 0.731. The molecular formula is C67H112O12. The molecule has 0 amide bonds. The minimum absolute atomic E-state index is 0.0583. The lowest BCUT2D eigenvalue weighted by Gasteiger charge is -2.40. The molecule has 12 nitrogen and oxygen atoms in total. The fourth-order valence-electron chi connectivity index (χ4n) is 9.20. The molecule has 1 heterocycles. The first kappa shape index (κ1) is 72.9. The van der Waals surface area contributed by atoms with E-state index in [-0.39, 0.29) is 25.9 Å². The highest BCUT2D eigenvalue weighted by Crippen LogP contribution is 2.27. The molecular weight excluding hydrogens is 997 g/mol. The van der Waals surface area contributed by atoms with Gasteiger partial charge >= 0.3 is 23.9 Å². The van der Waals surface area contributed by atoms with Gasteiger partial charge in [0.25, 0.3) is 0 Å². The summed E-state index contributed by atoms with van der Waals surface area (Å²) in [5.74, 6) is -3.14. The van der Waals surface area contributed by atoms with Crippen LogP contribution >= 0.6 is 0 Å². The van der Waals surface area contributed by atoms with Crippen LogP contribution in [0.25, 0.3) is 0 Å². The molecule has 3 N–H and O–H groups in total. The number of carboxylic acid groups (broad SMARTS) is 1. The van der Waals surface area contributed by atoms with Gasteiger partial charge in [-0.1, -0.05) is 241 Å². The third-order valence-electron chi connectivity index (χ3n) is 14.0. The Bertz CT molecular complexity index is 1700. The lowest BCUT2D eigenvalue weighted by atomic mass is 9.98. The van der Waals surface area contributed by atoms with E-state index in [0.717, 1.165) is 154 Å². The Hall–Kier alpha value is -4.10. The van der Waals surface area contributed by atoms with Crippen molar-refractivity contribution in [3.8, 4) is 0 Å². The number of hydrogen-bond donors (Lipinski definition) is 3. The second kappa shape index (κ2) is 54.5. The van der Waals surface area contributed by atoms with E-state index in [4.69, 9.17) is 23.7 Å². The van der Waals surface area contributed by atoms with Crippen LogP contribution in [-0.4, -0.2) is 89.2 Å². The number of aliphatic hydroxyl groups is 2. The number of rotatable bonds is 53. The van der Waals surface area contributed by atoms with Crippen LogP contribution < -0.4 is 0 Å². The fourth-order valence-corrected chi connectivity index (χ4v) is 9.20. The first-order valence-electron chi connectivity index (χ1n) is 31.6. The molecule has 1 fully saturated rings. The molecule has 12 heteroatoms. The third-order valence-corrected chi connectivity index (χ3v) is 14.0. The van der Waals surface area contributed by atoms with E-state index in [1.54, 1.807) is 0 Å². The van der Waals surface area contributed by atoms with Gasteiger partial charge in [-0.05, 0) is 89.9 Å². The standard InChI is InChI=1S/C67H112O12/c1-4-7-10-13-16-19-22-25-27-29-30-32-33-36-38-41-44-47-50-53-59(68)75-56-58(77-60(69)54-51-48-45-42-40-37-34-31-28-26-23-20-17-14-11-8-5-2)57-76-67-65(63(72)62(71)64(79-67)66(73)74)78-61(70)55-52-49-46-43-39-35-24-21-18-15-12-9-6-3/h7-8,10-11,16-17,19-20,25-28,30,32,58,62-65,67,71-72H,4-6,9,12-15,18,21-24,29,31,33-57H2,1-3H3,(H,73,74)/b10-7-,11-8-,19-16-,20-17-,27-25-,28-26-,32-30-. The van der Waals surface area contributed by atoms with Gasteiger partial charge in [-0.3, -0.25) is 14.4 Å². The average molecular weight is 1110 g/mol. The summed E-state index contributed by atoms with van der Waals surface area (Å²) in [6, 6.07) is 0. The SMILES string of the molecule is CC/C=C\C/C=C\C/C=C\C/C=C\CCCCCCCCC(=O)OCC(COC1OC(C(=O)O)C(O)C(O)C1OC(=O)CCCCCCCCCCCCCCC)OC(=O)CCCCCCCCC/C=C\C/C=C\C/C=C\CC. The van der Waals surface area contributed by atoms with Gasteiger partial charge < -0.3 is 39.0 Å². The Morgan fingerprint density at radius 3 is 1.22 bits per heavy atom. The molecule has 452 valence electrons. The molecule has 0 aromatic rings. The van der Waals surface area contributed by atoms with E-state index in [1.807, 2.05) is 0 Å². The number of hydrogen-bond acceptors (Lipinski definition) is 11. The Labute approximate surface area is 480 Å². The third kappa shape index (κ3) is 44.3. The topological polar surface area (TPSA) is 175 Å². The summed E-state index contributed by atoms with van der Waals surface area (Å²) in [6.07, 6.45) is 58.3. The summed E-state index contributed by atoms with van der Waals surface area (Å²) in [7, 11) is 0. The van der Waals surface area contributed by atoms with Crippen LogP contribution in [0.1, 0.15) is 265 Å². The number of carboxylic acids is 1. The van der Waals surface area contributed by atoms with Crippen molar-refractivity contribution < 1.29 is 58.2 Å². The van der Waals surface area contributed by atoms with E-state index in [0.29, 0.717) is 19.3 Å². The Balaban J connectivity index is 2.68. The van der Waals surface area contributed by atoms with E-state index in [2.05, 4.69) is 106 Å². The predicted molar refractivity (Wildman–Crippen MR) is 321 cm³/mol. The van der Waals surface area contributed by atoms with Gasteiger partial charge in [0.05, 0.1) is 6.61 Å². The highest BCUT2D eigenvalue weighted by molar-refractivity contribution is 5.74. The summed E-state index contributed by atoms with van der Waals surface area (Å²) >= 11 is 0. The molecule has 1 rings (SSSR count). The van der Waals surface area contributed by atoms with Gasteiger partial charge in [0.15, 0.2) is 24.6 Å². The molecule has 1 saturated heterocycles. The largest absolute Gasteiger partial charge is 0.479 e. The maximum absolute atomic E-state index is 13.2. The molecule has 0 radical (unpaired) electrons. The van der Waals surface area contributed by atoms with E-state index < -0.39 is 67.3 Å². The second-order valence-corrected chi connectivity index (χ2v) is 21.3. The number of carbonyl (C=O) groups is 4. The minimum Gasteiger partial charge on any atom is -0.479 e. The van der Waals surface area contributed by atoms with Crippen molar-refractivity contribution in [3.05, 3.63) is 85.1 Å². The molecule has 0 bridgehead atoms. The second-order valence-electron chi connectivity index (χ2n) is 21.3. The van der Waals surface area contributed by atoms with Gasteiger partial charge in [0, 0.05) is 19.3 Å². The van der Waals surface area contributed by atoms with Crippen LogP contribution in [0, 0.1) is 0 Å². The number of allylic oxidation sites excluding steroid dienone is 14. The van der Waals surface area contributed by atoms with E-state index >= 15 is 0 Å². The maximum Gasteiger partial charge on any atom is 0.335 e. The molecule has 79 heavy (non-hydrogen) atoms. The van der Waals surface area contributed by atoms with Crippen LogP contribution in [0.5, 0.6) is 0 Å². The highest BCUT2D eigenvalue weighted by atomic mass is 16.7. The Kier molecular flexibility index (Phi) is 50.3. The van der Waals surface area contributed by atoms with Gasteiger partial charge in [-0.2, -0.15) is 0 Å². The zero-order valence-electron chi connectivity index (χ0n) is 49.8. The molecule has 1 aliphatic heterocycles. The molecule has 0 aromatic carbocycles. The summed E-state index contributed by atoms with van der Waals surface area (Å²) in [6.45, 7) is 5.76. The summed E-state index contributed by atoms with van der Waals surface area (Å²) in [5, 5.41) is 31.5. The van der Waals surface area contributed by atoms with E-state index in [9.17, 15) is 34.5 Å². The van der Waals surface area contributed by atoms with Crippen LogP contribution in [0.2, 0.25) is 0 Å². The van der Waals surface area contributed by atoms with Crippen molar-refractivity contribution in [1.82, 2.24) is 0 Å². The van der Waals surface area contributed by atoms with Crippen LogP contribution in [-0.2, 0) is 42.9 Å². The average Bonchev–Trinajstić information content (AvgIpc) is 3.44. The Morgan fingerprint density at radius 2 is 0.797 bits per heavy atom. The smallest absolute Gasteiger partial charge is 0.335 e. The zero-order valence-corrected chi connectivity index (χ0v) is 49.8. The lowest BCUT2D eigenvalue weighted by molar-refractivity contribution is -0.301. The number of aliphatic carboxylic acids is 1. The van der Waals surface area contributed by atoms with Crippen molar-refractivity contribution >= 4 is 23.9 Å². The lowest BCUT2D eigenvalue weighted by Crippen LogP contribution is -2.61. The quantitative estimate of drug-likeness (QED) is 0.0228. The van der Waals surface area contributed by atoms with Gasteiger partial charge in [0.1, 0.15) is 18.8 Å². The Morgan fingerprint density at radius 1 is 0.430 bits per heavy atom. The van der Waals surface area contributed by atoms with Gasteiger partial charge in [-0.15, -0.1) is 0 Å². The first-order chi connectivity index (χ1) is 38.6. The van der Waals surface area contributed by atoms with Crippen LogP contribution in [0.3, 0.4) is 0 Å². The summed E-state index contributed by atoms with van der Waals surface area (Å²) in [4.78, 5) is 51.3. The van der Waals surface area contributed by atoms with Gasteiger partial charge in [0.2, 0.25) is 0 Å². The molecule has 0 aromatic heterocycles. The molecule has 6 unspecified atom stereocenters. The predicted octanol–water partition coefficient (Wildman–Crippen LogP) is 16.7. The minimum atomic E-state index is -1.91. The van der Waals surface area contributed by atoms with Crippen LogP contribution in [0.4, 0.5) is 0 Å². The van der Waals surface area contributed by atoms with E-state index in [1.165, 1.54) is 51.4 Å². The van der Waals surface area contributed by atoms with Crippen molar-refractivity contribution in [2.75, 3.05) is 13.2 Å². The highest BCUT2D eigenvalue weighted by Gasteiger charge is 2.50. The zero-order chi connectivity index (χ0) is 57.5. The number of esters is 3. The molecule has 1 aliphatic rings. The number of aliphatic hydroxyl groups excluding tert-OH is 2. The van der Waals surface area contributed by atoms with Crippen molar-refractivity contribution in [3.63, 3.8) is 0 Å². The van der Waals surface area contributed by atoms with Crippen LogP contribution in [0.15, 0.2) is 85.1 Å². The number of carbonyl (C=O) groups excluding carboxylic acids is 3. The molecule has 6 atom stereocenters. The normalized spacial score (nSPS) is 18.4. The van der Waals surface area contributed by atoms with Crippen molar-refractivity contribution in [2.24, 2.45) is 0 Å². The molecule has 0 spiro atoms. The van der Waals surface area contributed by atoms with Crippen molar-refractivity contribution in [2.45, 2.75) is 302 Å². The van der Waals surface area contributed by atoms with Crippen molar-refractivity contribution in [1.29, 1.82) is 0 Å². The summed E-state index contributed by atoms with van der Waals surface area (Å²) in [5.41, 5.74) is 0. The first-order valence-corrected chi connectivity index (χ1v) is 31.6. The maximum atomic E-state index is 13.2. The summed E-state index contributed by atoms with van der Waals surface area (Å²) < 4.78 is 28.5. The monoisotopic (exact) mass is 1110 g/mol. The number of ether oxygens (including phenoxy) is 5. The molecule has 0 saturated carbocycles. The molecule has 0 aliphatic carbocycles. The van der Waals surface area contributed by atoms with Gasteiger partial charge in [-0.25, -0.2) is 4.79 Å².